The predicted molar refractivity (Wildman–Crippen MR) is 65.0 cm³/mol. The van der Waals surface area contributed by atoms with E-state index in [1.165, 1.54) is 6.07 Å². The second-order valence-corrected chi connectivity index (χ2v) is 5.27. The minimum absolute atomic E-state index is 0.00556. The second kappa shape index (κ2) is 5.30. The van der Waals surface area contributed by atoms with Crippen molar-refractivity contribution < 1.29 is 9.50 Å². The molecule has 1 rings (SSSR count). The molecule has 0 aliphatic heterocycles. The third-order valence-corrected chi connectivity index (χ3v) is 2.31. The molecule has 1 aromatic carbocycles. The molecule has 90 valence electrons. The van der Waals surface area contributed by atoms with Crippen LogP contribution in [-0.4, -0.2) is 17.8 Å². The van der Waals surface area contributed by atoms with Crippen LogP contribution in [0.4, 0.5) is 10.1 Å². The molecule has 2 nitrogen and oxygen atoms in total. The maximum atomic E-state index is 13.4. The number of benzene rings is 1. The third kappa shape index (κ3) is 4.19. The fourth-order valence-corrected chi connectivity index (χ4v) is 1.70. The molecule has 0 amide bonds. The molecular weight excluding hydrogens is 205 g/mol. The Balaban J connectivity index is 2.67. The SMILES string of the molecule is CC(C)(C)CC(CO)Nc1ccccc1F. The van der Waals surface area contributed by atoms with Gasteiger partial charge in [-0.2, -0.15) is 0 Å². The van der Waals surface area contributed by atoms with Crippen molar-refractivity contribution in [2.75, 3.05) is 11.9 Å². The number of rotatable bonds is 4. The van der Waals surface area contributed by atoms with Crippen LogP contribution in [0.5, 0.6) is 0 Å². The van der Waals surface area contributed by atoms with Crippen molar-refractivity contribution >= 4 is 5.69 Å². The molecule has 3 heteroatoms. The Morgan fingerprint density at radius 3 is 2.44 bits per heavy atom. The summed E-state index contributed by atoms with van der Waals surface area (Å²) >= 11 is 0. The molecule has 0 saturated heterocycles. The zero-order valence-corrected chi connectivity index (χ0v) is 10.1. The number of aliphatic hydroxyl groups is 1. The maximum absolute atomic E-state index is 13.4. The van der Waals surface area contributed by atoms with Crippen LogP contribution in [0, 0.1) is 11.2 Å². The lowest BCUT2D eigenvalue weighted by atomic mass is 9.88. The zero-order valence-electron chi connectivity index (χ0n) is 10.1. The first kappa shape index (κ1) is 13.0. The molecule has 0 saturated carbocycles. The summed E-state index contributed by atoms with van der Waals surface area (Å²) in [4.78, 5) is 0. The van der Waals surface area contributed by atoms with E-state index in [1.54, 1.807) is 18.2 Å². The molecule has 0 aliphatic rings. The number of halogens is 1. The van der Waals surface area contributed by atoms with Crippen LogP contribution < -0.4 is 5.32 Å². The van der Waals surface area contributed by atoms with Gasteiger partial charge in [-0.1, -0.05) is 32.9 Å². The molecule has 0 fully saturated rings. The van der Waals surface area contributed by atoms with E-state index in [2.05, 4.69) is 26.1 Å². The molecule has 0 bridgehead atoms. The Morgan fingerprint density at radius 2 is 1.94 bits per heavy atom. The van der Waals surface area contributed by atoms with Crippen molar-refractivity contribution in [1.29, 1.82) is 0 Å². The molecule has 16 heavy (non-hydrogen) atoms. The first-order valence-corrected chi connectivity index (χ1v) is 5.54. The van der Waals surface area contributed by atoms with Crippen LogP contribution in [0.1, 0.15) is 27.2 Å². The van der Waals surface area contributed by atoms with Gasteiger partial charge in [0.15, 0.2) is 0 Å². The highest BCUT2D eigenvalue weighted by atomic mass is 19.1. The van der Waals surface area contributed by atoms with E-state index in [-0.39, 0.29) is 23.9 Å². The molecule has 0 aromatic heterocycles. The van der Waals surface area contributed by atoms with Crippen molar-refractivity contribution in [3.63, 3.8) is 0 Å². The summed E-state index contributed by atoms with van der Waals surface area (Å²) in [5.74, 6) is -0.283. The van der Waals surface area contributed by atoms with Crippen molar-refractivity contribution in [1.82, 2.24) is 0 Å². The van der Waals surface area contributed by atoms with E-state index in [4.69, 9.17) is 0 Å². The van der Waals surface area contributed by atoms with Gasteiger partial charge in [-0.15, -0.1) is 0 Å². The van der Waals surface area contributed by atoms with Crippen LogP contribution in [0.25, 0.3) is 0 Å². The van der Waals surface area contributed by atoms with Gasteiger partial charge in [0, 0.05) is 6.04 Å². The van der Waals surface area contributed by atoms with Gasteiger partial charge in [0.25, 0.3) is 0 Å². The van der Waals surface area contributed by atoms with Gasteiger partial charge in [0.1, 0.15) is 5.82 Å². The summed E-state index contributed by atoms with van der Waals surface area (Å²) < 4.78 is 13.4. The van der Waals surface area contributed by atoms with Crippen molar-refractivity contribution in [3.8, 4) is 0 Å². The Hall–Kier alpha value is -1.09. The van der Waals surface area contributed by atoms with E-state index in [1.807, 2.05) is 0 Å². The monoisotopic (exact) mass is 225 g/mol. The lowest BCUT2D eigenvalue weighted by Gasteiger charge is -2.26. The quantitative estimate of drug-likeness (QED) is 0.825. The minimum atomic E-state index is -0.283. The summed E-state index contributed by atoms with van der Waals surface area (Å²) in [6.07, 6.45) is 0.790. The van der Waals surface area contributed by atoms with E-state index in [9.17, 15) is 9.50 Å². The van der Waals surface area contributed by atoms with Crippen molar-refractivity contribution in [2.45, 2.75) is 33.2 Å². The summed E-state index contributed by atoms with van der Waals surface area (Å²) in [7, 11) is 0. The fourth-order valence-electron chi connectivity index (χ4n) is 1.70. The van der Waals surface area contributed by atoms with Gasteiger partial charge in [-0.05, 0) is 24.0 Å². The highest BCUT2D eigenvalue weighted by Gasteiger charge is 2.18. The van der Waals surface area contributed by atoms with Crippen LogP contribution in [0.15, 0.2) is 24.3 Å². The molecule has 0 radical (unpaired) electrons. The Kier molecular flexibility index (Phi) is 4.30. The van der Waals surface area contributed by atoms with Gasteiger partial charge in [0.05, 0.1) is 12.3 Å². The van der Waals surface area contributed by atoms with Gasteiger partial charge >= 0.3 is 0 Å². The average Bonchev–Trinajstić information content (AvgIpc) is 2.18. The standard InChI is InChI=1S/C13H20FNO/c1-13(2,3)8-10(9-16)15-12-7-5-4-6-11(12)14/h4-7,10,15-16H,8-9H2,1-3H3. The molecule has 1 aromatic rings. The van der Waals surface area contributed by atoms with Crippen LogP contribution in [0.2, 0.25) is 0 Å². The van der Waals surface area contributed by atoms with Gasteiger partial charge in [0.2, 0.25) is 0 Å². The van der Waals surface area contributed by atoms with Crippen LogP contribution >= 0.6 is 0 Å². The number of nitrogens with one attached hydrogen (secondary N) is 1. The van der Waals surface area contributed by atoms with Crippen molar-refractivity contribution in [2.24, 2.45) is 5.41 Å². The minimum Gasteiger partial charge on any atom is -0.394 e. The summed E-state index contributed by atoms with van der Waals surface area (Å²) in [6.45, 7) is 6.29. The highest BCUT2D eigenvalue weighted by molar-refractivity contribution is 5.45. The van der Waals surface area contributed by atoms with E-state index < -0.39 is 0 Å². The van der Waals surface area contributed by atoms with Crippen LogP contribution in [0.3, 0.4) is 0 Å². The van der Waals surface area contributed by atoms with Gasteiger partial charge < -0.3 is 10.4 Å². The Morgan fingerprint density at radius 1 is 1.31 bits per heavy atom. The smallest absolute Gasteiger partial charge is 0.146 e. The molecule has 1 unspecified atom stereocenters. The first-order valence-electron chi connectivity index (χ1n) is 5.54. The molecule has 1 atom stereocenters. The number of anilines is 1. The summed E-state index contributed by atoms with van der Waals surface area (Å²) in [5, 5.41) is 12.3. The number of aliphatic hydroxyl groups excluding tert-OH is 1. The van der Waals surface area contributed by atoms with Crippen molar-refractivity contribution in [3.05, 3.63) is 30.1 Å². The lowest BCUT2D eigenvalue weighted by molar-refractivity contribution is 0.233. The normalized spacial score (nSPS) is 13.6. The molecule has 0 spiro atoms. The summed E-state index contributed by atoms with van der Waals surface area (Å²) in [5.41, 5.74) is 0.553. The number of hydrogen-bond donors (Lipinski definition) is 2. The topological polar surface area (TPSA) is 32.3 Å². The Labute approximate surface area is 96.5 Å². The second-order valence-electron chi connectivity index (χ2n) is 5.27. The van der Waals surface area contributed by atoms with Gasteiger partial charge in [-0.25, -0.2) is 4.39 Å². The molecule has 2 N–H and O–H groups in total. The highest BCUT2D eigenvalue weighted by Crippen LogP contribution is 2.23. The Bertz CT molecular complexity index is 333. The van der Waals surface area contributed by atoms with Crippen LogP contribution in [-0.2, 0) is 0 Å². The molecule has 0 heterocycles. The van der Waals surface area contributed by atoms with E-state index in [0.717, 1.165) is 6.42 Å². The third-order valence-electron chi connectivity index (χ3n) is 2.31. The lowest BCUT2D eigenvalue weighted by Crippen LogP contribution is -2.29. The zero-order chi connectivity index (χ0) is 12.2. The maximum Gasteiger partial charge on any atom is 0.146 e. The van der Waals surface area contributed by atoms with E-state index >= 15 is 0 Å². The van der Waals surface area contributed by atoms with E-state index in [0.29, 0.717) is 5.69 Å². The molecular formula is C13H20FNO. The number of para-hydroxylation sites is 1. The first-order chi connectivity index (χ1) is 7.42. The van der Waals surface area contributed by atoms with Gasteiger partial charge in [-0.3, -0.25) is 0 Å². The predicted octanol–water partition coefficient (Wildman–Crippen LogP) is 3.03. The average molecular weight is 225 g/mol. The summed E-state index contributed by atoms with van der Waals surface area (Å²) in [6, 6.07) is 6.40. The molecule has 0 aliphatic carbocycles. The fraction of sp³-hybridized carbons (Fsp3) is 0.538. The largest absolute Gasteiger partial charge is 0.394 e. The number of hydrogen-bond acceptors (Lipinski definition) is 2.